The molecule has 1 aromatic rings. The highest BCUT2D eigenvalue weighted by Crippen LogP contribution is 2.28. The number of benzene rings is 1. The number of primary sulfonamides is 1. The van der Waals surface area contributed by atoms with Gasteiger partial charge in [0.2, 0.25) is 10.0 Å². The van der Waals surface area contributed by atoms with Crippen molar-refractivity contribution in [3.63, 3.8) is 0 Å². The Hall–Kier alpha value is -1.05. The van der Waals surface area contributed by atoms with Crippen LogP contribution >= 0.6 is 11.8 Å². The average Bonchev–Trinajstić information content (AvgIpc) is 2.16. The van der Waals surface area contributed by atoms with E-state index in [1.54, 1.807) is 6.07 Å². The van der Waals surface area contributed by atoms with E-state index in [0.29, 0.717) is 4.90 Å². The molecule has 0 aliphatic rings. The number of carboxylic acids is 1. The van der Waals surface area contributed by atoms with Crippen LogP contribution in [0.3, 0.4) is 0 Å². The molecule has 1 atom stereocenters. The van der Waals surface area contributed by atoms with E-state index in [4.69, 9.17) is 10.2 Å². The number of carbonyl (C=O) groups is 1. The lowest BCUT2D eigenvalue weighted by Gasteiger charge is -2.09. The van der Waals surface area contributed by atoms with Crippen molar-refractivity contribution >= 4 is 27.8 Å². The molecule has 0 aromatic heterocycles. The third kappa shape index (κ3) is 3.22. The molecule has 7 heteroatoms. The zero-order valence-corrected chi connectivity index (χ0v) is 10.1. The van der Waals surface area contributed by atoms with Crippen LogP contribution in [0.25, 0.3) is 0 Å². The van der Waals surface area contributed by atoms with E-state index in [2.05, 4.69) is 0 Å². The van der Waals surface area contributed by atoms with Gasteiger partial charge in [0.25, 0.3) is 0 Å². The van der Waals surface area contributed by atoms with Gasteiger partial charge in [-0.2, -0.15) is 0 Å². The fourth-order valence-corrected chi connectivity index (χ4v) is 2.96. The summed E-state index contributed by atoms with van der Waals surface area (Å²) in [5.41, 5.74) is 0. The van der Waals surface area contributed by atoms with Gasteiger partial charge in [-0.15, -0.1) is 11.8 Å². The van der Waals surface area contributed by atoms with Gasteiger partial charge in [-0.3, -0.25) is 4.79 Å². The molecule has 0 radical (unpaired) electrons. The average molecular weight is 261 g/mol. The van der Waals surface area contributed by atoms with E-state index in [0.717, 1.165) is 11.8 Å². The zero-order chi connectivity index (χ0) is 12.3. The molecule has 0 saturated carbocycles. The van der Waals surface area contributed by atoms with Crippen LogP contribution in [0.4, 0.5) is 0 Å². The molecule has 0 aliphatic carbocycles. The van der Waals surface area contributed by atoms with Crippen LogP contribution in [-0.2, 0) is 14.8 Å². The highest BCUT2D eigenvalue weighted by Gasteiger charge is 2.18. The van der Waals surface area contributed by atoms with Crippen LogP contribution in [0.15, 0.2) is 34.1 Å². The van der Waals surface area contributed by atoms with Crippen molar-refractivity contribution in [2.24, 2.45) is 5.14 Å². The number of hydrogen-bond acceptors (Lipinski definition) is 4. The van der Waals surface area contributed by atoms with Gasteiger partial charge in [-0.05, 0) is 19.1 Å². The van der Waals surface area contributed by atoms with Gasteiger partial charge >= 0.3 is 5.97 Å². The van der Waals surface area contributed by atoms with Crippen LogP contribution in [0.5, 0.6) is 0 Å². The minimum Gasteiger partial charge on any atom is -0.480 e. The summed E-state index contributed by atoms with van der Waals surface area (Å²) in [5, 5.41) is 13.0. The van der Waals surface area contributed by atoms with Crippen molar-refractivity contribution in [2.75, 3.05) is 0 Å². The van der Waals surface area contributed by atoms with Crippen molar-refractivity contribution in [3.05, 3.63) is 24.3 Å². The van der Waals surface area contributed by atoms with Gasteiger partial charge in [0, 0.05) is 4.90 Å². The maximum absolute atomic E-state index is 11.2. The molecule has 0 aliphatic heterocycles. The van der Waals surface area contributed by atoms with E-state index < -0.39 is 21.2 Å². The molecule has 5 nitrogen and oxygen atoms in total. The molecule has 0 saturated heterocycles. The number of aliphatic carboxylic acids is 1. The Bertz CT molecular complexity index is 498. The minimum atomic E-state index is -3.82. The van der Waals surface area contributed by atoms with E-state index in [1.807, 2.05) is 0 Å². The molecule has 3 N–H and O–H groups in total. The molecule has 0 fully saturated rings. The normalized spacial score (nSPS) is 13.4. The highest BCUT2D eigenvalue weighted by molar-refractivity contribution is 8.01. The highest BCUT2D eigenvalue weighted by atomic mass is 32.2. The summed E-state index contributed by atoms with van der Waals surface area (Å²) in [5.74, 6) is -1.01. The molecule has 1 rings (SSSR count). The first-order chi connectivity index (χ1) is 7.32. The lowest BCUT2D eigenvalue weighted by molar-refractivity contribution is -0.136. The van der Waals surface area contributed by atoms with Gasteiger partial charge < -0.3 is 5.11 Å². The van der Waals surface area contributed by atoms with Crippen LogP contribution in [-0.4, -0.2) is 24.7 Å². The van der Waals surface area contributed by atoms with Crippen LogP contribution in [0, 0.1) is 0 Å². The molecule has 88 valence electrons. The van der Waals surface area contributed by atoms with Crippen molar-refractivity contribution < 1.29 is 18.3 Å². The molecule has 0 spiro atoms. The largest absolute Gasteiger partial charge is 0.480 e. The SMILES string of the molecule is CC(Sc1ccccc1S(N)(=O)=O)C(=O)O. The summed E-state index contributed by atoms with van der Waals surface area (Å²) in [6.07, 6.45) is 0. The van der Waals surface area contributed by atoms with Crippen LogP contribution in [0.1, 0.15) is 6.92 Å². The molecular weight excluding hydrogens is 250 g/mol. The Labute approximate surface area is 97.7 Å². The molecule has 0 bridgehead atoms. The Morgan fingerprint density at radius 1 is 1.44 bits per heavy atom. The first-order valence-electron chi connectivity index (χ1n) is 4.33. The first-order valence-corrected chi connectivity index (χ1v) is 6.76. The molecular formula is C9H11NO4S2. The van der Waals surface area contributed by atoms with Crippen molar-refractivity contribution in [3.8, 4) is 0 Å². The van der Waals surface area contributed by atoms with Crippen molar-refractivity contribution in [2.45, 2.75) is 22.0 Å². The smallest absolute Gasteiger partial charge is 0.316 e. The van der Waals surface area contributed by atoms with E-state index in [9.17, 15) is 13.2 Å². The monoisotopic (exact) mass is 261 g/mol. The molecule has 1 aromatic carbocycles. The second-order valence-corrected chi connectivity index (χ2v) is 6.00. The predicted molar refractivity (Wildman–Crippen MR) is 60.8 cm³/mol. The number of carboxylic acid groups (broad SMARTS) is 1. The lowest BCUT2D eigenvalue weighted by Crippen LogP contribution is -2.15. The summed E-state index contributed by atoms with van der Waals surface area (Å²) in [6, 6.07) is 6.05. The maximum Gasteiger partial charge on any atom is 0.316 e. The predicted octanol–water partition coefficient (Wildman–Crippen LogP) is 0.899. The van der Waals surface area contributed by atoms with E-state index >= 15 is 0 Å². The topological polar surface area (TPSA) is 97.5 Å². The van der Waals surface area contributed by atoms with Gasteiger partial charge in [-0.25, -0.2) is 13.6 Å². The van der Waals surface area contributed by atoms with Crippen LogP contribution < -0.4 is 5.14 Å². The number of nitrogens with two attached hydrogens (primary N) is 1. The Morgan fingerprint density at radius 3 is 2.50 bits per heavy atom. The summed E-state index contributed by atoms with van der Waals surface area (Å²) in [7, 11) is -3.82. The van der Waals surface area contributed by atoms with Gasteiger partial charge in [0.15, 0.2) is 0 Å². The third-order valence-electron chi connectivity index (χ3n) is 1.81. The standard InChI is InChI=1S/C9H11NO4S2/c1-6(9(11)12)15-7-4-2-3-5-8(7)16(10,13)14/h2-6H,1H3,(H,11,12)(H2,10,13,14). The number of sulfonamides is 1. The Kier molecular flexibility index (Phi) is 3.95. The number of thioether (sulfide) groups is 1. The maximum atomic E-state index is 11.2. The third-order valence-corrected chi connectivity index (χ3v) is 4.07. The minimum absolute atomic E-state index is 0.0481. The van der Waals surface area contributed by atoms with Crippen molar-refractivity contribution in [1.29, 1.82) is 0 Å². The summed E-state index contributed by atoms with van der Waals surface area (Å²) in [4.78, 5) is 11.0. The zero-order valence-electron chi connectivity index (χ0n) is 8.45. The second-order valence-electron chi connectivity index (χ2n) is 3.09. The molecule has 0 heterocycles. The van der Waals surface area contributed by atoms with Gasteiger partial charge in [-0.1, -0.05) is 12.1 Å². The summed E-state index contributed by atoms with van der Waals surface area (Å²) < 4.78 is 22.4. The van der Waals surface area contributed by atoms with Gasteiger partial charge in [0.1, 0.15) is 5.25 Å². The Balaban J connectivity index is 3.10. The quantitative estimate of drug-likeness (QED) is 0.785. The summed E-state index contributed by atoms with van der Waals surface area (Å²) in [6.45, 7) is 1.48. The first kappa shape index (κ1) is 13.0. The fourth-order valence-electron chi connectivity index (χ4n) is 1.02. The van der Waals surface area contributed by atoms with E-state index in [-0.39, 0.29) is 4.90 Å². The fraction of sp³-hybridized carbons (Fsp3) is 0.222. The number of hydrogen-bond donors (Lipinski definition) is 2. The number of rotatable bonds is 4. The van der Waals surface area contributed by atoms with Crippen LogP contribution in [0.2, 0.25) is 0 Å². The Morgan fingerprint density at radius 2 is 2.00 bits per heavy atom. The molecule has 16 heavy (non-hydrogen) atoms. The summed E-state index contributed by atoms with van der Waals surface area (Å²) >= 11 is 0.946. The van der Waals surface area contributed by atoms with E-state index in [1.165, 1.54) is 25.1 Å². The van der Waals surface area contributed by atoms with Crippen molar-refractivity contribution in [1.82, 2.24) is 0 Å². The van der Waals surface area contributed by atoms with Gasteiger partial charge in [0.05, 0.1) is 4.90 Å². The molecule has 1 unspecified atom stereocenters. The second kappa shape index (κ2) is 4.86. The molecule has 0 amide bonds. The lowest BCUT2D eigenvalue weighted by atomic mass is 10.4.